The molecule has 0 amide bonds. The topological polar surface area (TPSA) is 51.8 Å². The summed E-state index contributed by atoms with van der Waals surface area (Å²) >= 11 is 0. The molecule has 0 spiro atoms. The summed E-state index contributed by atoms with van der Waals surface area (Å²) in [5, 5.41) is 0. The number of nitrogens with two attached hydrogens (primary N) is 1. The van der Waals surface area contributed by atoms with Gasteiger partial charge in [0.2, 0.25) is 0 Å². The van der Waals surface area contributed by atoms with Crippen molar-refractivity contribution < 1.29 is 0 Å². The minimum atomic E-state index is -0.0259. The standard InChI is InChI=1S/C14H17N3/c1-9-4-6-12(7-5-9)14-16-8-13(10(2)15)11(3)17-14/h4-8,10H,15H2,1-3H3/t10-/m0/s1. The number of rotatable bonds is 2. The van der Waals surface area contributed by atoms with Gasteiger partial charge < -0.3 is 5.73 Å². The molecule has 0 bridgehead atoms. The van der Waals surface area contributed by atoms with Crippen LogP contribution in [0.2, 0.25) is 0 Å². The molecule has 0 aliphatic carbocycles. The molecular formula is C14H17N3. The first-order chi connectivity index (χ1) is 8.08. The molecule has 2 rings (SSSR count). The minimum absolute atomic E-state index is 0.0259. The Morgan fingerprint density at radius 1 is 1.12 bits per heavy atom. The Hall–Kier alpha value is -1.74. The lowest BCUT2D eigenvalue weighted by atomic mass is 10.1. The molecule has 0 unspecified atom stereocenters. The predicted octanol–water partition coefficient (Wildman–Crippen LogP) is 2.78. The summed E-state index contributed by atoms with van der Waals surface area (Å²) in [6.45, 7) is 5.98. The van der Waals surface area contributed by atoms with Crippen LogP contribution in [-0.2, 0) is 0 Å². The Morgan fingerprint density at radius 3 is 2.29 bits per heavy atom. The van der Waals surface area contributed by atoms with E-state index in [1.54, 1.807) is 0 Å². The number of hydrogen-bond acceptors (Lipinski definition) is 3. The van der Waals surface area contributed by atoms with E-state index < -0.39 is 0 Å². The Morgan fingerprint density at radius 2 is 1.76 bits per heavy atom. The summed E-state index contributed by atoms with van der Waals surface area (Å²) < 4.78 is 0. The lowest BCUT2D eigenvalue weighted by Crippen LogP contribution is -2.09. The molecule has 3 heteroatoms. The molecule has 0 saturated heterocycles. The quantitative estimate of drug-likeness (QED) is 0.858. The minimum Gasteiger partial charge on any atom is -0.324 e. The van der Waals surface area contributed by atoms with E-state index in [0.717, 1.165) is 22.6 Å². The molecule has 1 atom stereocenters. The first kappa shape index (κ1) is 11.7. The van der Waals surface area contributed by atoms with Crippen LogP contribution >= 0.6 is 0 Å². The second-order valence-electron chi connectivity index (χ2n) is 4.39. The van der Waals surface area contributed by atoms with Crippen LogP contribution in [0.25, 0.3) is 11.4 Å². The van der Waals surface area contributed by atoms with Crippen molar-refractivity contribution in [2.45, 2.75) is 26.8 Å². The van der Waals surface area contributed by atoms with E-state index in [4.69, 9.17) is 5.73 Å². The Bertz CT molecular complexity index is 515. The van der Waals surface area contributed by atoms with E-state index >= 15 is 0 Å². The molecule has 2 aromatic rings. The van der Waals surface area contributed by atoms with Crippen LogP contribution in [0.1, 0.15) is 29.8 Å². The molecule has 1 aromatic heterocycles. The van der Waals surface area contributed by atoms with E-state index in [9.17, 15) is 0 Å². The van der Waals surface area contributed by atoms with Crippen LogP contribution in [0.3, 0.4) is 0 Å². The highest BCUT2D eigenvalue weighted by Gasteiger charge is 2.08. The zero-order valence-corrected chi connectivity index (χ0v) is 10.4. The average Bonchev–Trinajstić information content (AvgIpc) is 2.29. The number of aromatic nitrogens is 2. The third-order valence-electron chi connectivity index (χ3n) is 2.82. The molecule has 0 aliphatic rings. The van der Waals surface area contributed by atoms with Gasteiger partial charge in [-0.1, -0.05) is 29.8 Å². The van der Waals surface area contributed by atoms with E-state index in [1.165, 1.54) is 5.56 Å². The predicted molar refractivity (Wildman–Crippen MR) is 69.5 cm³/mol. The van der Waals surface area contributed by atoms with Crippen molar-refractivity contribution in [3.05, 3.63) is 47.3 Å². The van der Waals surface area contributed by atoms with Crippen molar-refractivity contribution in [2.24, 2.45) is 5.73 Å². The van der Waals surface area contributed by atoms with Gasteiger partial charge in [-0.25, -0.2) is 9.97 Å². The molecule has 0 fully saturated rings. The van der Waals surface area contributed by atoms with Crippen molar-refractivity contribution >= 4 is 0 Å². The van der Waals surface area contributed by atoms with Gasteiger partial charge in [-0.3, -0.25) is 0 Å². The molecule has 88 valence electrons. The number of aryl methyl sites for hydroxylation is 2. The van der Waals surface area contributed by atoms with Gasteiger partial charge >= 0.3 is 0 Å². The maximum atomic E-state index is 5.84. The van der Waals surface area contributed by atoms with Crippen LogP contribution in [0.15, 0.2) is 30.5 Å². The molecular weight excluding hydrogens is 210 g/mol. The summed E-state index contributed by atoms with van der Waals surface area (Å²) in [5.41, 5.74) is 10.1. The highest BCUT2D eigenvalue weighted by Crippen LogP contribution is 2.19. The monoisotopic (exact) mass is 227 g/mol. The molecule has 0 saturated carbocycles. The normalized spacial score (nSPS) is 12.5. The molecule has 1 heterocycles. The Balaban J connectivity index is 2.41. The molecule has 0 radical (unpaired) electrons. The molecule has 0 aliphatic heterocycles. The van der Waals surface area contributed by atoms with E-state index in [1.807, 2.05) is 32.2 Å². The van der Waals surface area contributed by atoms with Gasteiger partial charge in [0, 0.05) is 29.1 Å². The Kier molecular flexibility index (Phi) is 3.20. The summed E-state index contributed by atoms with van der Waals surface area (Å²) in [6.07, 6.45) is 1.82. The maximum absolute atomic E-state index is 5.84. The summed E-state index contributed by atoms with van der Waals surface area (Å²) in [4.78, 5) is 8.87. The highest BCUT2D eigenvalue weighted by atomic mass is 14.9. The van der Waals surface area contributed by atoms with Gasteiger partial charge in [-0.15, -0.1) is 0 Å². The van der Waals surface area contributed by atoms with Crippen LogP contribution < -0.4 is 5.73 Å². The van der Waals surface area contributed by atoms with Gasteiger partial charge in [0.1, 0.15) is 0 Å². The summed E-state index contributed by atoms with van der Waals surface area (Å²) in [6, 6.07) is 8.17. The third kappa shape index (κ3) is 2.50. The maximum Gasteiger partial charge on any atom is 0.159 e. The van der Waals surface area contributed by atoms with Crippen LogP contribution in [-0.4, -0.2) is 9.97 Å². The fraction of sp³-hybridized carbons (Fsp3) is 0.286. The van der Waals surface area contributed by atoms with Crippen molar-refractivity contribution in [3.63, 3.8) is 0 Å². The van der Waals surface area contributed by atoms with Crippen molar-refractivity contribution in [1.82, 2.24) is 9.97 Å². The second kappa shape index (κ2) is 4.63. The average molecular weight is 227 g/mol. The summed E-state index contributed by atoms with van der Waals surface area (Å²) in [5.74, 6) is 0.756. The van der Waals surface area contributed by atoms with Gasteiger partial charge in [0.15, 0.2) is 5.82 Å². The van der Waals surface area contributed by atoms with Gasteiger partial charge in [-0.2, -0.15) is 0 Å². The second-order valence-corrected chi connectivity index (χ2v) is 4.39. The first-order valence-corrected chi connectivity index (χ1v) is 5.74. The van der Waals surface area contributed by atoms with E-state index in [2.05, 4.69) is 29.0 Å². The fourth-order valence-corrected chi connectivity index (χ4v) is 1.77. The van der Waals surface area contributed by atoms with Gasteiger partial charge in [0.25, 0.3) is 0 Å². The van der Waals surface area contributed by atoms with Crippen molar-refractivity contribution in [3.8, 4) is 11.4 Å². The lowest BCUT2D eigenvalue weighted by molar-refractivity contribution is 0.790. The van der Waals surface area contributed by atoms with Crippen LogP contribution in [0.5, 0.6) is 0 Å². The lowest BCUT2D eigenvalue weighted by Gasteiger charge is -2.09. The van der Waals surface area contributed by atoms with Crippen LogP contribution in [0.4, 0.5) is 0 Å². The molecule has 2 N–H and O–H groups in total. The number of nitrogens with zero attached hydrogens (tertiary/aromatic N) is 2. The third-order valence-corrected chi connectivity index (χ3v) is 2.82. The zero-order chi connectivity index (χ0) is 12.4. The van der Waals surface area contributed by atoms with E-state index in [0.29, 0.717) is 0 Å². The largest absolute Gasteiger partial charge is 0.324 e. The number of benzene rings is 1. The first-order valence-electron chi connectivity index (χ1n) is 5.74. The smallest absolute Gasteiger partial charge is 0.159 e. The zero-order valence-electron chi connectivity index (χ0n) is 10.4. The van der Waals surface area contributed by atoms with Gasteiger partial charge in [0.05, 0.1) is 0 Å². The molecule has 3 nitrogen and oxygen atoms in total. The highest BCUT2D eigenvalue weighted by molar-refractivity contribution is 5.55. The Labute approximate surface area is 102 Å². The molecule has 17 heavy (non-hydrogen) atoms. The van der Waals surface area contributed by atoms with Crippen molar-refractivity contribution in [2.75, 3.05) is 0 Å². The fourth-order valence-electron chi connectivity index (χ4n) is 1.77. The molecule has 1 aromatic carbocycles. The van der Waals surface area contributed by atoms with E-state index in [-0.39, 0.29) is 6.04 Å². The number of hydrogen-bond donors (Lipinski definition) is 1. The van der Waals surface area contributed by atoms with Crippen LogP contribution in [0, 0.1) is 13.8 Å². The van der Waals surface area contributed by atoms with Crippen molar-refractivity contribution in [1.29, 1.82) is 0 Å². The SMILES string of the molecule is Cc1ccc(-c2ncc([C@H](C)N)c(C)n2)cc1. The summed E-state index contributed by atoms with van der Waals surface area (Å²) in [7, 11) is 0. The van der Waals surface area contributed by atoms with Gasteiger partial charge in [-0.05, 0) is 20.8 Å².